The van der Waals surface area contributed by atoms with Crippen molar-refractivity contribution in [1.29, 1.82) is 0 Å². The van der Waals surface area contributed by atoms with Gasteiger partial charge in [0.05, 0.1) is 25.2 Å². The lowest BCUT2D eigenvalue weighted by atomic mass is 10.1. The number of nitrogens with zero attached hydrogens (tertiary/aromatic N) is 1. The molecule has 0 spiro atoms. The third kappa shape index (κ3) is 8.13. The molecule has 1 fully saturated rings. The van der Waals surface area contributed by atoms with Crippen LogP contribution in [-0.4, -0.2) is 48.0 Å². The van der Waals surface area contributed by atoms with Gasteiger partial charge in [-0.2, -0.15) is 0 Å². The molecule has 0 aliphatic carbocycles. The number of esters is 1. The van der Waals surface area contributed by atoms with Crippen molar-refractivity contribution in [1.82, 2.24) is 4.90 Å². The maximum atomic E-state index is 12.8. The highest BCUT2D eigenvalue weighted by Gasteiger charge is 2.31. The van der Waals surface area contributed by atoms with Gasteiger partial charge in [-0.05, 0) is 55.9 Å². The van der Waals surface area contributed by atoms with Gasteiger partial charge in [0.1, 0.15) is 4.32 Å². The number of amides is 1. The molecule has 1 amide bonds. The lowest BCUT2D eigenvalue weighted by Gasteiger charge is -2.14. The van der Waals surface area contributed by atoms with Crippen molar-refractivity contribution >= 4 is 46.3 Å². The smallest absolute Gasteiger partial charge is 0.305 e. The number of hydrogen-bond donors (Lipinski definition) is 0. The van der Waals surface area contributed by atoms with E-state index in [0.717, 1.165) is 31.2 Å². The van der Waals surface area contributed by atoms with E-state index in [2.05, 4.69) is 13.8 Å². The summed E-state index contributed by atoms with van der Waals surface area (Å²) in [5.41, 5.74) is 0.855. The standard InChI is InChI=1S/C24H33NO5S2/c1-5-29-22(26)9-7-6-8-13-25-23(27)21(32-24(25)31)16-18-10-11-19(20(15-18)28-4)30-14-12-17(2)3/h10-11,15-17H,5-9,12-14H2,1-4H3/b21-16+. The van der Waals surface area contributed by atoms with Crippen LogP contribution in [0.4, 0.5) is 0 Å². The van der Waals surface area contributed by atoms with E-state index in [1.807, 2.05) is 24.3 Å². The summed E-state index contributed by atoms with van der Waals surface area (Å²) in [4.78, 5) is 26.4. The molecule has 0 bridgehead atoms. The normalized spacial score (nSPS) is 15.0. The molecule has 1 aromatic rings. The van der Waals surface area contributed by atoms with Crippen molar-refractivity contribution in [2.75, 3.05) is 26.9 Å². The molecule has 1 aliphatic heterocycles. The Morgan fingerprint density at radius 2 is 2.00 bits per heavy atom. The summed E-state index contributed by atoms with van der Waals surface area (Å²) in [7, 11) is 1.61. The van der Waals surface area contributed by atoms with Crippen LogP contribution in [0.2, 0.25) is 0 Å². The first kappa shape index (κ1) is 26.2. The van der Waals surface area contributed by atoms with Gasteiger partial charge >= 0.3 is 5.97 Å². The number of carbonyl (C=O) groups is 2. The zero-order chi connectivity index (χ0) is 23.5. The van der Waals surface area contributed by atoms with Gasteiger partial charge in [-0.25, -0.2) is 0 Å². The number of benzene rings is 1. The summed E-state index contributed by atoms with van der Waals surface area (Å²) in [6, 6.07) is 5.65. The van der Waals surface area contributed by atoms with Crippen LogP contribution in [0, 0.1) is 5.92 Å². The SMILES string of the molecule is CCOC(=O)CCCCCN1C(=O)/C(=C\c2ccc(OCCC(C)C)c(OC)c2)SC1=S. The summed E-state index contributed by atoms with van der Waals surface area (Å²) < 4.78 is 16.8. The minimum atomic E-state index is -0.173. The Labute approximate surface area is 200 Å². The van der Waals surface area contributed by atoms with E-state index in [9.17, 15) is 9.59 Å². The van der Waals surface area contributed by atoms with Crippen LogP contribution in [0.1, 0.15) is 58.4 Å². The highest BCUT2D eigenvalue weighted by atomic mass is 32.2. The lowest BCUT2D eigenvalue weighted by Crippen LogP contribution is -2.29. The van der Waals surface area contributed by atoms with E-state index in [-0.39, 0.29) is 11.9 Å². The van der Waals surface area contributed by atoms with E-state index in [0.29, 0.717) is 52.8 Å². The molecule has 2 rings (SSSR count). The summed E-state index contributed by atoms with van der Waals surface area (Å²) in [5, 5.41) is 0. The van der Waals surface area contributed by atoms with Crippen molar-refractivity contribution < 1.29 is 23.8 Å². The van der Waals surface area contributed by atoms with Crippen LogP contribution < -0.4 is 9.47 Å². The second kappa shape index (κ2) is 13.5. The molecule has 1 heterocycles. The van der Waals surface area contributed by atoms with E-state index in [1.165, 1.54) is 11.8 Å². The van der Waals surface area contributed by atoms with Crippen LogP contribution >= 0.6 is 24.0 Å². The van der Waals surface area contributed by atoms with Gasteiger partial charge in [0.2, 0.25) is 0 Å². The molecule has 0 atom stereocenters. The zero-order valence-electron chi connectivity index (χ0n) is 19.3. The zero-order valence-corrected chi connectivity index (χ0v) is 21.0. The number of rotatable bonds is 13. The second-order valence-corrected chi connectivity index (χ2v) is 9.57. The molecule has 176 valence electrons. The Morgan fingerprint density at radius 1 is 1.22 bits per heavy atom. The summed E-state index contributed by atoms with van der Waals surface area (Å²) in [5.74, 6) is 1.65. The number of thioether (sulfide) groups is 1. The van der Waals surface area contributed by atoms with E-state index >= 15 is 0 Å². The average molecular weight is 480 g/mol. The Kier molecular flexibility index (Phi) is 11.0. The molecule has 1 aliphatic rings. The fourth-order valence-electron chi connectivity index (χ4n) is 3.09. The van der Waals surface area contributed by atoms with E-state index < -0.39 is 0 Å². The molecule has 1 saturated heterocycles. The molecular weight excluding hydrogens is 446 g/mol. The largest absolute Gasteiger partial charge is 0.493 e. The van der Waals surface area contributed by atoms with Crippen LogP contribution in [0.5, 0.6) is 11.5 Å². The number of hydrogen-bond acceptors (Lipinski definition) is 7. The Hall–Kier alpha value is -2.06. The van der Waals surface area contributed by atoms with Crippen molar-refractivity contribution in [3.8, 4) is 11.5 Å². The molecule has 32 heavy (non-hydrogen) atoms. The van der Waals surface area contributed by atoms with E-state index in [4.69, 9.17) is 26.4 Å². The van der Waals surface area contributed by atoms with Gasteiger partial charge in [0, 0.05) is 13.0 Å². The molecule has 6 nitrogen and oxygen atoms in total. The Bertz CT molecular complexity index is 838. The van der Waals surface area contributed by atoms with Crippen LogP contribution in [-0.2, 0) is 14.3 Å². The fraction of sp³-hybridized carbons (Fsp3) is 0.542. The minimum absolute atomic E-state index is 0.0818. The predicted molar refractivity (Wildman–Crippen MR) is 133 cm³/mol. The summed E-state index contributed by atoms with van der Waals surface area (Å²) >= 11 is 6.72. The molecule has 0 N–H and O–H groups in total. The van der Waals surface area contributed by atoms with Crippen molar-refractivity contribution in [2.24, 2.45) is 5.92 Å². The number of ether oxygens (including phenoxy) is 3. The van der Waals surface area contributed by atoms with Gasteiger partial charge in [0.15, 0.2) is 11.5 Å². The monoisotopic (exact) mass is 479 g/mol. The molecule has 0 unspecified atom stereocenters. The third-order valence-electron chi connectivity index (χ3n) is 4.88. The van der Waals surface area contributed by atoms with Gasteiger partial charge in [0.25, 0.3) is 5.91 Å². The van der Waals surface area contributed by atoms with Gasteiger partial charge in [-0.3, -0.25) is 14.5 Å². The Balaban J connectivity index is 1.93. The molecule has 8 heteroatoms. The number of methoxy groups -OCH3 is 1. The first-order chi connectivity index (χ1) is 15.3. The molecule has 0 saturated carbocycles. The summed E-state index contributed by atoms with van der Waals surface area (Å²) in [6.45, 7) is 7.70. The van der Waals surface area contributed by atoms with Crippen molar-refractivity contribution in [2.45, 2.75) is 52.9 Å². The second-order valence-electron chi connectivity index (χ2n) is 7.89. The van der Waals surface area contributed by atoms with Crippen molar-refractivity contribution in [3.63, 3.8) is 0 Å². The number of unbranched alkanes of at least 4 members (excludes halogenated alkanes) is 2. The predicted octanol–water partition coefficient (Wildman–Crippen LogP) is 5.44. The molecule has 1 aromatic carbocycles. The van der Waals surface area contributed by atoms with Gasteiger partial charge < -0.3 is 14.2 Å². The molecular formula is C24H33NO5S2. The highest BCUT2D eigenvalue weighted by Crippen LogP contribution is 2.35. The van der Waals surface area contributed by atoms with Gasteiger partial charge in [-0.1, -0.05) is 50.3 Å². The highest BCUT2D eigenvalue weighted by molar-refractivity contribution is 8.26. The lowest BCUT2D eigenvalue weighted by molar-refractivity contribution is -0.143. The molecule has 0 radical (unpaired) electrons. The minimum Gasteiger partial charge on any atom is -0.493 e. The van der Waals surface area contributed by atoms with E-state index in [1.54, 1.807) is 18.9 Å². The van der Waals surface area contributed by atoms with Crippen molar-refractivity contribution in [3.05, 3.63) is 28.7 Å². The Morgan fingerprint density at radius 3 is 2.69 bits per heavy atom. The number of thiocarbonyl (C=S) groups is 1. The summed E-state index contributed by atoms with van der Waals surface area (Å²) in [6.07, 6.45) is 5.58. The first-order valence-electron chi connectivity index (χ1n) is 11.1. The fourth-order valence-corrected chi connectivity index (χ4v) is 4.40. The van der Waals surface area contributed by atoms with Crippen LogP contribution in [0.3, 0.4) is 0 Å². The number of carbonyl (C=O) groups excluding carboxylic acids is 2. The third-order valence-corrected chi connectivity index (χ3v) is 6.26. The quantitative estimate of drug-likeness (QED) is 0.161. The molecule has 0 aromatic heterocycles. The van der Waals surface area contributed by atoms with Crippen LogP contribution in [0.25, 0.3) is 6.08 Å². The van der Waals surface area contributed by atoms with Crippen LogP contribution in [0.15, 0.2) is 23.1 Å². The maximum absolute atomic E-state index is 12.8. The maximum Gasteiger partial charge on any atom is 0.305 e. The average Bonchev–Trinajstić information content (AvgIpc) is 3.01. The first-order valence-corrected chi connectivity index (χ1v) is 12.3. The van der Waals surface area contributed by atoms with Gasteiger partial charge in [-0.15, -0.1) is 0 Å². The topological polar surface area (TPSA) is 65.1 Å².